The van der Waals surface area contributed by atoms with Crippen molar-refractivity contribution in [2.24, 2.45) is 0 Å². The minimum atomic E-state index is 0. The standard InChI is InChI=1S/C7H8O.Zn/c1-8-7-5-3-2-4-6-7;/h2-6H,1H3;. The van der Waals surface area contributed by atoms with Crippen molar-refractivity contribution in [3.05, 3.63) is 30.3 Å². The maximum atomic E-state index is 4.91. The number of rotatable bonds is 1. The normalized spacial score (nSPS) is 7.67. The Kier molecular flexibility index (Phi) is 4.34. The van der Waals surface area contributed by atoms with Gasteiger partial charge in [0.25, 0.3) is 0 Å². The third kappa shape index (κ3) is 2.62. The van der Waals surface area contributed by atoms with Gasteiger partial charge in [-0.05, 0) is 12.1 Å². The van der Waals surface area contributed by atoms with E-state index >= 15 is 0 Å². The fourth-order valence-electron chi connectivity index (χ4n) is 0.557. The summed E-state index contributed by atoms with van der Waals surface area (Å²) >= 11 is 0. The number of hydrogen-bond donors (Lipinski definition) is 0. The van der Waals surface area contributed by atoms with Gasteiger partial charge in [0, 0.05) is 19.5 Å². The number of benzene rings is 1. The maximum Gasteiger partial charge on any atom is 0.118 e. The predicted octanol–water partition coefficient (Wildman–Crippen LogP) is 1.69. The first-order valence-electron chi connectivity index (χ1n) is 2.52. The summed E-state index contributed by atoms with van der Waals surface area (Å²) in [6, 6.07) is 9.68. The topological polar surface area (TPSA) is 9.23 Å². The zero-order valence-corrected chi connectivity index (χ0v) is 8.47. The van der Waals surface area contributed by atoms with Gasteiger partial charge in [-0.3, -0.25) is 0 Å². The molecule has 1 rings (SSSR count). The summed E-state index contributed by atoms with van der Waals surface area (Å²) in [5.74, 6) is 0.910. The molecular formula is C7H8OZn. The molecule has 2 heteroatoms. The van der Waals surface area contributed by atoms with Crippen LogP contribution in [0.2, 0.25) is 0 Å². The number of ether oxygens (including phenoxy) is 1. The Morgan fingerprint density at radius 3 is 2.00 bits per heavy atom. The second-order valence-electron chi connectivity index (χ2n) is 1.52. The van der Waals surface area contributed by atoms with Crippen molar-refractivity contribution in [1.82, 2.24) is 0 Å². The molecule has 0 saturated heterocycles. The first-order chi connectivity index (χ1) is 3.93. The maximum absolute atomic E-state index is 4.91. The molecule has 0 unspecified atom stereocenters. The van der Waals surface area contributed by atoms with E-state index in [0.29, 0.717) is 0 Å². The molecule has 0 N–H and O–H groups in total. The van der Waals surface area contributed by atoms with Gasteiger partial charge in [-0.2, -0.15) is 0 Å². The quantitative estimate of drug-likeness (QED) is 0.588. The molecule has 0 amide bonds. The molecule has 0 heterocycles. The monoisotopic (exact) mass is 172 g/mol. The van der Waals surface area contributed by atoms with E-state index < -0.39 is 0 Å². The molecule has 0 aromatic heterocycles. The molecule has 44 valence electrons. The van der Waals surface area contributed by atoms with Crippen molar-refractivity contribution < 1.29 is 24.2 Å². The Balaban J connectivity index is 0.000000640. The van der Waals surface area contributed by atoms with Crippen molar-refractivity contribution >= 4 is 0 Å². The molecular weight excluding hydrogens is 165 g/mol. The van der Waals surface area contributed by atoms with Crippen molar-refractivity contribution in [2.75, 3.05) is 7.11 Å². The van der Waals surface area contributed by atoms with Gasteiger partial charge in [0.05, 0.1) is 7.11 Å². The molecule has 0 bridgehead atoms. The molecule has 9 heavy (non-hydrogen) atoms. The zero-order valence-electron chi connectivity index (χ0n) is 5.50. The second-order valence-corrected chi connectivity index (χ2v) is 1.52. The van der Waals surface area contributed by atoms with Crippen molar-refractivity contribution in [3.8, 4) is 5.75 Å². The molecule has 0 saturated carbocycles. The number of para-hydroxylation sites is 1. The van der Waals surface area contributed by atoms with E-state index in [-0.39, 0.29) is 19.5 Å². The summed E-state index contributed by atoms with van der Waals surface area (Å²) in [5.41, 5.74) is 0. The summed E-state index contributed by atoms with van der Waals surface area (Å²) < 4.78 is 4.91. The van der Waals surface area contributed by atoms with Crippen LogP contribution in [0.4, 0.5) is 0 Å². The second kappa shape index (κ2) is 4.52. The minimum absolute atomic E-state index is 0. The Bertz CT molecular complexity index is 150. The van der Waals surface area contributed by atoms with Crippen molar-refractivity contribution in [2.45, 2.75) is 0 Å². The minimum Gasteiger partial charge on any atom is -0.497 e. The molecule has 0 fully saturated rings. The van der Waals surface area contributed by atoms with Crippen LogP contribution in [-0.2, 0) is 19.5 Å². The average molecular weight is 174 g/mol. The predicted molar refractivity (Wildman–Crippen MR) is 33.0 cm³/mol. The van der Waals surface area contributed by atoms with Crippen LogP contribution in [0.15, 0.2) is 30.3 Å². The van der Waals surface area contributed by atoms with E-state index in [1.165, 1.54) is 0 Å². The molecule has 0 radical (unpaired) electrons. The SMILES string of the molecule is COc1ccccc1.[Zn]. The zero-order chi connectivity index (χ0) is 5.82. The Morgan fingerprint density at radius 2 is 1.67 bits per heavy atom. The van der Waals surface area contributed by atoms with Crippen LogP contribution in [0.5, 0.6) is 5.75 Å². The Morgan fingerprint density at radius 1 is 1.11 bits per heavy atom. The van der Waals surface area contributed by atoms with Gasteiger partial charge >= 0.3 is 0 Å². The van der Waals surface area contributed by atoms with E-state index in [9.17, 15) is 0 Å². The summed E-state index contributed by atoms with van der Waals surface area (Å²) in [5, 5.41) is 0. The molecule has 0 aliphatic carbocycles. The van der Waals surface area contributed by atoms with Crippen LogP contribution in [0.25, 0.3) is 0 Å². The van der Waals surface area contributed by atoms with Gasteiger partial charge in [0.2, 0.25) is 0 Å². The molecule has 1 aromatic rings. The summed E-state index contributed by atoms with van der Waals surface area (Å²) in [4.78, 5) is 0. The molecule has 0 aliphatic rings. The van der Waals surface area contributed by atoms with E-state index in [4.69, 9.17) is 4.74 Å². The van der Waals surface area contributed by atoms with Crippen LogP contribution in [0.3, 0.4) is 0 Å². The van der Waals surface area contributed by atoms with Crippen molar-refractivity contribution in [1.29, 1.82) is 0 Å². The third-order valence-corrected chi connectivity index (χ3v) is 0.979. The van der Waals surface area contributed by atoms with Gasteiger partial charge in [0.1, 0.15) is 5.75 Å². The molecule has 0 aliphatic heterocycles. The van der Waals surface area contributed by atoms with Crippen molar-refractivity contribution in [3.63, 3.8) is 0 Å². The molecule has 0 spiro atoms. The van der Waals surface area contributed by atoms with Gasteiger partial charge in [-0.15, -0.1) is 0 Å². The summed E-state index contributed by atoms with van der Waals surface area (Å²) in [6.45, 7) is 0. The fraction of sp³-hybridized carbons (Fsp3) is 0.143. The van der Waals surface area contributed by atoms with Gasteiger partial charge < -0.3 is 4.74 Å². The molecule has 1 nitrogen and oxygen atoms in total. The fourth-order valence-corrected chi connectivity index (χ4v) is 0.557. The van der Waals surface area contributed by atoms with E-state index in [1.54, 1.807) is 7.11 Å². The average Bonchev–Trinajstić information content (AvgIpc) is 1.90. The Hall–Kier alpha value is -0.357. The Labute approximate surface area is 67.8 Å². The van der Waals surface area contributed by atoms with Crippen LogP contribution >= 0.6 is 0 Å². The summed E-state index contributed by atoms with van der Waals surface area (Å²) in [6.07, 6.45) is 0. The van der Waals surface area contributed by atoms with E-state index in [1.807, 2.05) is 30.3 Å². The largest absolute Gasteiger partial charge is 0.497 e. The van der Waals surface area contributed by atoms with Crippen LogP contribution in [0.1, 0.15) is 0 Å². The number of hydrogen-bond acceptors (Lipinski definition) is 1. The molecule has 0 atom stereocenters. The molecule has 1 aromatic carbocycles. The first kappa shape index (κ1) is 8.64. The smallest absolute Gasteiger partial charge is 0.118 e. The van der Waals surface area contributed by atoms with Crippen LogP contribution < -0.4 is 4.74 Å². The van der Waals surface area contributed by atoms with E-state index in [0.717, 1.165) is 5.75 Å². The van der Waals surface area contributed by atoms with Gasteiger partial charge in [0.15, 0.2) is 0 Å². The first-order valence-corrected chi connectivity index (χ1v) is 2.52. The summed E-state index contributed by atoms with van der Waals surface area (Å²) in [7, 11) is 1.66. The van der Waals surface area contributed by atoms with E-state index in [2.05, 4.69) is 0 Å². The van der Waals surface area contributed by atoms with Crippen LogP contribution in [-0.4, -0.2) is 7.11 Å². The van der Waals surface area contributed by atoms with Gasteiger partial charge in [-0.1, -0.05) is 18.2 Å². The van der Waals surface area contributed by atoms with Crippen LogP contribution in [0, 0.1) is 0 Å². The van der Waals surface area contributed by atoms with Gasteiger partial charge in [-0.25, -0.2) is 0 Å². The number of methoxy groups -OCH3 is 1. The third-order valence-electron chi connectivity index (χ3n) is 0.979.